The van der Waals surface area contributed by atoms with Crippen LogP contribution < -0.4 is 15.4 Å². The molecule has 0 fully saturated rings. The molecule has 0 aliphatic rings. The number of thioether (sulfide) groups is 1. The molecule has 2 amide bonds. The fourth-order valence-electron chi connectivity index (χ4n) is 3.74. The van der Waals surface area contributed by atoms with E-state index in [1.807, 2.05) is 53.1 Å². The lowest BCUT2D eigenvalue weighted by Gasteiger charge is -2.19. The van der Waals surface area contributed by atoms with Crippen LogP contribution in [0.5, 0.6) is 5.75 Å². The summed E-state index contributed by atoms with van der Waals surface area (Å²) in [7, 11) is 1.59. The van der Waals surface area contributed by atoms with E-state index in [9.17, 15) is 9.59 Å². The smallest absolute Gasteiger partial charge is 0.251 e. The summed E-state index contributed by atoms with van der Waals surface area (Å²) in [5.74, 6) is 1.02. The lowest BCUT2D eigenvalue weighted by molar-refractivity contribution is -0.113. The van der Waals surface area contributed by atoms with Crippen LogP contribution in [0.15, 0.2) is 82.4 Å². The van der Waals surface area contributed by atoms with Crippen molar-refractivity contribution in [3.63, 3.8) is 0 Å². The van der Waals surface area contributed by atoms with Gasteiger partial charge in [-0.15, -0.1) is 10.2 Å². The van der Waals surface area contributed by atoms with Crippen LogP contribution in [-0.2, 0) is 16.8 Å². The molecule has 4 rings (SSSR count). The molecule has 0 saturated heterocycles. The van der Waals surface area contributed by atoms with Crippen molar-refractivity contribution in [1.29, 1.82) is 0 Å². The average Bonchev–Trinajstić information content (AvgIpc) is 3.33. The molecule has 0 aliphatic carbocycles. The molecule has 0 bridgehead atoms. The predicted octanol–water partition coefficient (Wildman–Crippen LogP) is 6.00. The van der Waals surface area contributed by atoms with E-state index in [0.29, 0.717) is 28.0 Å². The predicted molar refractivity (Wildman–Crippen MR) is 158 cm³/mol. The number of anilines is 1. The molecule has 4 aromatic rings. The highest BCUT2D eigenvalue weighted by Gasteiger charge is 2.18. The number of nitrogens with zero attached hydrogens (tertiary/aromatic N) is 3. The lowest BCUT2D eigenvalue weighted by Crippen LogP contribution is -2.25. The van der Waals surface area contributed by atoms with Gasteiger partial charge in [-0.3, -0.25) is 14.2 Å². The number of benzene rings is 3. The summed E-state index contributed by atoms with van der Waals surface area (Å²) < 4.78 is 7.94. The van der Waals surface area contributed by atoms with Gasteiger partial charge in [0.05, 0.1) is 19.4 Å². The molecule has 3 aromatic carbocycles. The summed E-state index contributed by atoms with van der Waals surface area (Å²) >= 11 is 4.73. The number of hydrogen-bond donors (Lipinski definition) is 2. The minimum Gasteiger partial charge on any atom is -0.497 e. The first-order valence-corrected chi connectivity index (χ1v) is 14.1. The monoisotopic (exact) mass is 607 g/mol. The normalized spacial score (nSPS) is 11.2. The molecule has 0 radical (unpaired) electrons. The van der Waals surface area contributed by atoms with Crippen LogP contribution in [0.4, 0.5) is 5.69 Å². The first-order valence-electron chi connectivity index (χ1n) is 12.3. The van der Waals surface area contributed by atoms with E-state index in [2.05, 4.69) is 57.5 Å². The standard InChI is InChI=1S/C29H30BrN5O3S/c1-29(2,3)20-7-5-19(6-8-20)27(37)31-17-25-33-34-28(35(25)23-13-9-21(30)10-14-23)39-18-26(36)32-22-11-15-24(38-4)16-12-22/h5-16H,17-18H2,1-4H3,(H,31,37)(H,32,36). The van der Waals surface area contributed by atoms with Crippen molar-refractivity contribution in [2.24, 2.45) is 0 Å². The highest BCUT2D eigenvalue weighted by Crippen LogP contribution is 2.25. The van der Waals surface area contributed by atoms with Gasteiger partial charge in [-0.1, -0.05) is 60.6 Å². The van der Waals surface area contributed by atoms with Crippen molar-refractivity contribution in [2.45, 2.75) is 37.9 Å². The molecule has 2 N–H and O–H groups in total. The van der Waals surface area contributed by atoms with E-state index in [1.165, 1.54) is 11.8 Å². The third-order valence-electron chi connectivity index (χ3n) is 5.91. The van der Waals surface area contributed by atoms with Crippen molar-refractivity contribution in [2.75, 3.05) is 18.2 Å². The second-order valence-corrected chi connectivity index (χ2v) is 11.6. The van der Waals surface area contributed by atoms with Crippen LogP contribution in [0.2, 0.25) is 0 Å². The van der Waals surface area contributed by atoms with E-state index < -0.39 is 0 Å². The Bertz CT molecular complexity index is 1430. The molecule has 10 heteroatoms. The first-order chi connectivity index (χ1) is 18.6. The van der Waals surface area contributed by atoms with Gasteiger partial charge in [0.1, 0.15) is 5.75 Å². The van der Waals surface area contributed by atoms with Crippen molar-refractivity contribution in [3.8, 4) is 11.4 Å². The Morgan fingerprint density at radius 3 is 2.23 bits per heavy atom. The molecule has 0 saturated carbocycles. The zero-order chi connectivity index (χ0) is 28.0. The minimum atomic E-state index is -0.200. The van der Waals surface area contributed by atoms with Crippen LogP contribution in [-0.4, -0.2) is 39.4 Å². The van der Waals surface area contributed by atoms with Crippen LogP contribution in [0, 0.1) is 0 Å². The number of carbonyl (C=O) groups excluding carboxylic acids is 2. The molecule has 1 aromatic heterocycles. The molecule has 0 unspecified atom stereocenters. The molecule has 8 nitrogen and oxygen atoms in total. The SMILES string of the molecule is COc1ccc(NC(=O)CSc2nnc(CNC(=O)c3ccc(C(C)(C)C)cc3)n2-c2ccc(Br)cc2)cc1. The first kappa shape index (κ1) is 28.4. The van der Waals surface area contributed by atoms with Crippen molar-refractivity contribution < 1.29 is 14.3 Å². The van der Waals surface area contributed by atoms with E-state index in [4.69, 9.17) is 4.74 Å². The van der Waals surface area contributed by atoms with Gasteiger partial charge in [0.25, 0.3) is 5.91 Å². The van der Waals surface area contributed by atoms with E-state index in [0.717, 1.165) is 15.7 Å². The molecule has 0 atom stereocenters. The Labute approximate surface area is 240 Å². The van der Waals surface area contributed by atoms with Gasteiger partial charge in [-0.2, -0.15) is 0 Å². The Kier molecular flexibility index (Phi) is 9.08. The Morgan fingerprint density at radius 1 is 0.949 bits per heavy atom. The second kappa shape index (κ2) is 12.5. The summed E-state index contributed by atoms with van der Waals surface area (Å²) in [4.78, 5) is 25.5. The maximum Gasteiger partial charge on any atom is 0.251 e. The number of nitrogens with one attached hydrogen (secondary N) is 2. The van der Waals surface area contributed by atoms with Crippen molar-refractivity contribution in [1.82, 2.24) is 20.1 Å². The number of carbonyl (C=O) groups is 2. The average molecular weight is 609 g/mol. The second-order valence-electron chi connectivity index (χ2n) is 9.79. The van der Waals surface area contributed by atoms with E-state index in [1.54, 1.807) is 31.4 Å². The van der Waals surface area contributed by atoms with Crippen LogP contribution in [0.1, 0.15) is 42.5 Å². The maximum absolute atomic E-state index is 12.9. The largest absolute Gasteiger partial charge is 0.497 e. The molecule has 1 heterocycles. The van der Waals surface area contributed by atoms with Crippen molar-refractivity contribution in [3.05, 3.63) is 94.2 Å². The molecule has 202 valence electrons. The summed E-state index contributed by atoms with van der Waals surface area (Å²) in [6, 6.07) is 22.4. The molecular formula is C29H30BrN5O3S. The van der Waals surface area contributed by atoms with Crippen molar-refractivity contribution >= 4 is 45.2 Å². The number of amides is 2. The third kappa shape index (κ3) is 7.48. The minimum absolute atomic E-state index is 0.00964. The molecule has 0 spiro atoms. The van der Waals surface area contributed by atoms with Gasteiger partial charge in [0, 0.05) is 21.4 Å². The van der Waals surface area contributed by atoms with Gasteiger partial charge < -0.3 is 15.4 Å². The summed E-state index contributed by atoms with van der Waals surface area (Å²) in [6.45, 7) is 6.57. The molecule has 39 heavy (non-hydrogen) atoms. The van der Waals surface area contributed by atoms with Crippen LogP contribution in [0.3, 0.4) is 0 Å². The van der Waals surface area contributed by atoms with E-state index >= 15 is 0 Å². The topological polar surface area (TPSA) is 98.1 Å². The Hall–Kier alpha value is -3.63. The van der Waals surface area contributed by atoms with E-state index in [-0.39, 0.29) is 29.5 Å². The third-order valence-corrected chi connectivity index (χ3v) is 7.37. The maximum atomic E-state index is 12.9. The molecule has 0 aliphatic heterocycles. The van der Waals surface area contributed by atoms with Crippen LogP contribution >= 0.6 is 27.7 Å². The number of rotatable bonds is 9. The summed E-state index contributed by atoms with van der Waals surface area (Å²) in [5, 5.41) is 15.0. The fraction of sp³-hybridized carbons (Fsp3) is 0.241. The van der Waals surface area contributed by atoms with Crippen LogP contribution in [0.25, 0.3) is 5.69 Å². The lowest BCUT2D eigenvalue weighted by atomic mass is 9.87. The quantitative estimate of drug-likeness (QED) is 0.227. The summed E-state index contributed by atoms with van der Waals surface area (Å²) in [6.07, 6.45) is 0. The van der Waals surface area contributed by atoms with Gasteiger partial charge >= 0.3 is 0 Å². The zero-order valence-electron chi connectivity index (χ0n) is 22.2. The number of halogens is 1. The number of hydrogen-bond acceptors (Lipinski definition) is 6. The highest BCUT2D eigenvalue weighted by atomic mass is 79.9. The number of aromatic nitrogens is 3. The number of methoxy groups -OCH3 is 1. The zero-order valence-corrected chi connectivity index (χ0v) is 24.6. The Morgan fingerprint density at radius 2 is 1.62 bits per heavy atom. The summed E-state index contributed by atoms with van der Waals surface area (Å²) in [5.41, 5.74) is 3.24. The van der Waals surface area contributed by atoms with Gasteiger partial charge in [0.15, 0.2) is 11.0 Å². The highest BCUT2D eigenvalue weighted by molar-refractivity contribution is 9.10. The van der Waals surface area contributed by atoms with Gasteiger partial charge in [-0.05, 0) is 71.6 Å². The Balaban J connectivity index is 1.47. The number of ether oxygens (including phenoxy) is 1. The fourth-order valence-corrected chi connectivity index (χ4v) is 4.78. The molecular weight excluding hydrogens is 578 g/mol. The van der Waals surface area contributed by atoms with Gasteiger partial charge in [0.2, 0.25) is 5.91 Å². The van der Waals surface area contributed by atoms with Gasteiger partial charge in [-0.25, -0.2) is 0 Å².